The molecular weight excluding hydrogens is 422 g/mol. The van der Waals surface area contributed by atoms with Gasteiger partial charge in [0.1, 0.15) is 5.92 Å². The molecule has 0 bridgehead atoms. The largest absolute Gasteiger partial charge is 0.504 e. The molecule has 166 valence electrons. The average molecular weight is 443 g/mol. The average Bonchev–Trinajstić information content (AvgIpc) is 3.11. The van der Waals surface area contributed by atoms with Crippen LogP contribution in [0.25, 0.3) is 0 Å². The first kappa shape index (κ1) is 21.8. The molecule has 1 aliphatic heterocycles. The molecule has 8 heteroatoms. The number of rotatable bonds is 6. The Morgan fingerprint density at radius 2 is 1.79 bits per heavy atom. The highest BCUT2D eigenvalue weighted by Gasteiger charge is 2.30. The number of hydrogen-bond acceptors (Lipinski definition) is 6. The Balaban J connectivity index is 1.53. The quantitative estimate of drug-likeness (QED) is 0.393. The minimum atomic E-state index is -0.620. The predicted octanol–water partition coefficient (Wildman–Crippen LogP) is 4.03. The summed E-state index contributed by atoms with van der Waals surface area (Å²) in [5.41, 5.74) is 3.23. The summed E-state index contributed by atoms with van der Waals surface area (Å²) in [6, 6.07) is 16.3. The molecular formula is C25H21N3O5. The van der Waals surface area contributed by atoms with E-state index in [0.29, 0.717) is 39.5 Å². The fourth-order valence-electron chi connectivity index (χ4n) is 3.57. The summed E-state index contributed by atoms with van der Waals surface area (Å²) in [6.07, 6.45) is 1.50. The van der Waals surface area contributed by atoms with Gasteiger partial charge in [0, 0.05) is 41.7 Å². The number of methoxy groups -OCH3 is 1. The molecule has 2 amide bonds. The van der Waals surface area contributed by atoms with E-state index in [9.17, 15) is 19.5 Å². The number of ketones is 1. The summed E-state index contributed by atoms with van der Waals surface area (Å²) in [7, 11) is 1.46. The molecule has 1 aliphatic rings. The van der Waals surface area contributed by atoms with Crippen LogP contribution in [0.2, 0.25) is 0 Å². The molecule has 33 heavy (non-hydrogen) atoms. The highest BCUT2D eigenvalue weighted by atomic mass is 16.5. The zero-order chi connectivity index (χ0) is 23.5. The van der Waals surface area contributed by atoms with Crippen molar-refractivity contribution in [3.05, 3.63) is 77.4 Å². The number of hydrogen-bond donors (Lipinski definition) is 3. The smallest absolute Gasteiger partial charge is 0.237 e. The Labute approximate surface area is 189 Å². The van der Waals surface area contributed by atoms with Gasteiger partial charge in [-0.05, 0) is 48.0 Å². The number of phenolic OH excluding ortho intramolecular Hbond substituents is 1. The fourth-order valence-corrected chi connectivity index (χ4v) is 3.57. The van der Waals surface area contributed by atoms with E-state index in [1.54, 1.807) is 54.6 Å². The van der Waals surface area contributed by atoms with Crippen molar-refractivity contribution in [2.24, 2.45) is 4.99 Å². The van der Waals surface area contributed by atoms with Crippen LogP contribution in [0.15, 0.2) is 65.7 Å². The molecule has 1 unspecified atom stereocenters. The first-order chi connectivity index (χ1) is 15.9. The van der Waals surface area contributed by atoms with Gasteiger partial charge in [-0.2, -0.15) is 0 Å². The van der Waals surface area contributed by atoms with Gasteiger partial charge in [0.15, 0.2) is 17.3 Å². The number of fused-ring (bicyclic) bond motifs is 1. The Morgan fingerprint density at radius 3 is 2.45 bits per heavy atom. The molecule has 0 saturated heterocycles. The molecule has 1 atom stereocenters. The van der Waals surface area contributed by atoms with Crippen molar-refractivity contribution in [2.45, 2.75) is 12.8 Å². The van der Waals surface area contributed by atoms with Crippen molar-refractivity contribution in [3.63, 3.8) is 0 Å². The number of carbonyl (C=O) groups is 3. The topological polar surface area (TPSA) is 117 Å². The van der Waals surface area contributed by atoms with Crippen LogP contribution in [0, 0.1) is 0 Å². The lowest BCUT2D eigenvalue weighted by molar-refractivity contribution is -0.116. The third kappa shape index (κ3) is 4.59. The molecule has 4 rings (SSSR count). The first-order valence-corrected chi connectivity index (χ1v) is 10.1. The second kappa shape index (κ2) is 8.96. The van der Waals surface area contributed by atoms with Gasteiger partial charge < -0.3 is 20.5 Å². The van der Waals surface area contributed by atoms with Gasteiger partial charge in [0.05, 0.1) is 12.8 Å². The maximum Gasteiger partial charge on any atom is 0.237 e. The molecule has 0 aromatic heterocycles. The fraction of sp³-hybridized carbons (Fsp3) is 0.120. The minimum absolute atomic E-state index is 0.0447. The number of amides is 2. The number of nitrogens with one attached hydrogen (secondary N) is 2. The van der Waals surface area contributed by atoms with Crippen LogP contribution in [-0.2, 0) is 9.59 Å². The molecule has 0 radical (unpaired) electrons. The Bertz CT molecular complexity index is 1280. The van der Waals surface area contributed by atoms with Crippen LogP contribution < -0.4 is 15.4 Å². The van der Waals surface area contributed by atoms with Crippen LogP contribution in [-0.4, -0.2) is 36.0 Å². The van der Waals surface area contributed by atoms with Crippen molar-refractivity contribution in [2.75, 3.05) is 17.7 Å². The maximum absolute atomic E-state index is 12.9. The van der Waals surface area contributed by atoms with Gasteiger partial charge >= 0.3 is 0 Å². The molecule has 3 aromatic carbocycles. The predicted molar refractivity (Wildman–Crippen MR) is 125 cm³/mol. The zero-order valence-electron chi connectivity index (χ0n) is 18.0. The van der Waals surface area contributed by atoms with E-state index in [1.165, 1.54) is 26.3 Å². The lowest BCUT2D eigenvalue weighted by atomic mass is 9.97. The summed E-state index contributed by atoms with van der Waals surface area (Å²) in [6.45, 7) is 1.41. The number of aliphatic imine (C=N–C) groups is 1. The van der Waals surface area contributed by atoms with Gasteiger partial charge in [-0.3, -0.25) is 19.4 Å². The summed E-state index contributed by atoms with van der Waals surface area (Å²) in [4.78, 5) is 40.8. The van der Waals surface area contributed by atoms with Crippen LogP contribution in [0.3, 0.4) is 0 Å². The number of ether oxygens (including phenoxy) is 1. The minimum Gasteiger partial charge on any atom is -0.504 e. The molecule has 1 heterocycles. The van der Waals surface area contributed by atoms with Crippen LogP contribution in [0.5, 0.6) is 11.5 Å². The van der Waals surface area contributed by atoms with Crippen LogP contribution >= 0.6 is 0 Å². The molecule has 8 nitrogen and oxygen atoms in total. The number of carbonyl (C=O) groups excluding carboxylic acids is 3. The molecule has 0 spiro atoms. The van der Waals surface area contributed by atoms with Crippen molar-refractivity contribution < 1.29 is 24.2 Å². The van der Waals surface area contributed by atoms with E-state index >= 15 is 0 Å². The van der Waals surface area contributed by atoms with Crippen molar-refractivity contribution in [1.29, 1.82) is 0 Å². The van der Waals surface area contributed by atoms with Gasteiger partial charge in [-0.15, -0.1) is 0 Å². The summed E-state index contributed by atoms with van der Waals surface area (Å²) in [5, 5.41) is 15.3. The zero-order valence-corrected chi connectivity index (χ0v) is 18.0. The normalized spacial score (nSPS) is 14.6. The molecule has 3 N–H and O–H groups in total. The molecule has 3 aromatic rings. The highest BCUT2D eigenvalue weighted by Crippen LogP contribution is 2.34. The van der Waals surface area contributed by atoms with E-state index < -0.39 is 5.92 Å². The standard InChI is InChI=1S/C25H21N3O5/c1-14(29)27-17-6-3-15(4-7-17)24(31)16-5-9-19-20(25(32)28-21(19)11-16)13-26-18-8-10-23(33-2)22(30)12-18/h3-13,20,30H,1-2H3,(H,27,29)(H,28,32). The van der Waals surface area contributed by atoms with E-state index in [0.717, 1.165) is 0 Å². The van der Waals surface area contributed by atoms with Gasteiger partial charge in [0.25, 0.3) is 0 Å². The Kier molecular flexibility index (Phi) is 5.91. The molecule has 0 saturated carbocycles. The number of anilines is 2. The van der Waals surface area contributed by atoms with Crippen LogP contribution in [0.1, 0.15) is 34.3 Å². The van der Waals surface area contributed by atoms with Gasteiger partial charge in [0.2, 0.25) is 11.8 Å². The Morgan fingerprint density at radius 1 is 1.06 bits per heavy atom. The first-order valence-electron chi connectivity index (χ1n) is 10.1. The number of aromatic hydroxyl groups is 1. The second-order valence-electron chi connectivity index (χ2n) is 7.49. The van der Waals surface area contributed by atoms with Crippen LogP contribution in [0.4, 0.5) is 17.1 Å². The highest BCUT2D eigenvalue weighted by molar-refractivity contribution is 6.15. The second-order valence-corrected chi connectivity index (χ2v) is 7.49. The van der Waals surface area contributed by atoms with E-state index in [1.807, 2.05) is 0 Å². The van der Waals surface area contributed by atoms with Crippen molar-refractivity contribution in [3.8, 4) is 11.5 Å². The van der Waals surface area contributed by atoms with Crippen molar-refractivity contribution >= 4 is 40.9 Å². The van der Waals surface area contributed by atoms with Gasteiger partial charge in [-0.25, -0.2) is 0 Å². The van der Waals surface area contributed by atoms with Gasteiger partial charge in [-0.1, -0.05) is 12.1 Å². The summed E-state index contributed by atoms with van der Waals surface area (Å²) in [5.74, 6) is -0.977. The number of phenols is 1. The monoisotopic (exact) mass is 443 g/mol. The van der Waals surface area contributed by atoms with E-state index in [-0.39, 0.29) is 23.3 Å². The summed E-state index contributed by atoms with van der Waals surface area (Å²) >= 11 is 0. The third-order valence-corrected chi connectivity index (χ3v) is 5.19. The number of nitrogens with zero attached hydrogens (tertiary/aromatic N) is 1. The lowest BCUT2D eigenvalue weighted by Gasteiger charge is -2.07. The van der Waals surface area contributed by atoms with E-state index in [4.69, 9.17) is 4.74 Å². The van der Waals surface area contributed by atoms with Crippen molar-refractivity contribution in [1.82, 2.24) is 0 Å². The number of benzene rings is 3. The van der Waals surface area contributed by atoms with E-state index in [2.05, 4.69) is 15.6 Å². The summed E-state index contributed by atoms with van der Waals surface area (Å²) < 4.78 is 5.01. The Hall–Kier alpha value is -4.46. The molecule has 0 fully saturated rings. The maximum atomic E-state index is 12.9. The lowest BCUT2D eigenvalue weighted by Crippen LogP contribution is -2.12. The SMILES string of the molecule is COc1ccc(N=CC2C(=O)Nc3cc(C(=O)c4ccc(NC(C)=O)cc4)ccc32)cc1O. The molecule has 0 aliphatic carbocycles. The third-order valence-electron chi connectivity index (χ3n) is 5.19.